The van der Waals surface area contributed by atoms with Crippen LogP contribution in [0.25, 0.3) is 0 Å². The lowest BCUT2D eigenvalue weighted by Gasteiger charge is -2.19. The van der Waals surface area contributed by atoms with Crippen LogP contribution >= 0.6 is 0 Å². The van der Waals surface area contributed by atoms with E-state index >= 15 is 0 Å². The van der Waals surface area contributed by atoms with Crippen LogP contribution in [0.1, 0.15) is 50.2 Å². The van der Waals surface area contributed by atoms with Gasteiger partial charge >= 0.3 is 5.97 Å². The maximum atomic E-state index is 12.2. The molecule has 3 nitrogen and oxygen atoms in total. The number of fused-ring (bicyclic) bond motifs is 1. The number of aryl methyl sites for hydroxylation is 1. The van der Waals surface area contributed by atoms with Crippen LogP contribution in [0.2, 0.25) is 0 Å². The van der Waals surface area contributed by atoms with E-state index in [1.165, 1.54) is 0 Å². The first-order chi connectivity index (χ1) is 10.6. The zero-order valence-corrected chi connectivity index (χ0v) is 12.8. The molecule has 3 heteroatoms. The van der Waals surface area contributed by atoms with E-state index < -0.39 is 0 Å². The summed E-state index contributed by atoms with van der Waals surface area (Å²) in [7, 11) is 0. The average molecular weight is 294 g/mol. The Morgan fingerprint density at radius 1 is 1.00 bits per heavy atom. The van der Waals surface area contributed by atoms with Crippen molar-refractivity contribution in [3.63, 3.8) is 0 Å². The lowest BCUT2D eigenvalue weighted by atomic mass is 9.87. The Kier molecular flexibility index (Phi) is 3.80. The average Bonchev–Trinajstić information content (AvgIpc) is 2.51. The summed E-state index contributed by atoms with van der Waals surface area (Å²) in [6.07, 6.45) is 2.33. The van der Waals surface area contributed by atoms with Gasteiger partial charge in [-0.1, -0.05) is 17.7 Å². The Morgan fingerprint density at radius 2 is 1.73 bits per heavy atom. The predicted octanol–water partition coefficient (Wildman–Crippen LogP) is 4.04. The molecule has 0 amide bonds. The van der Waals surface area contributed by atoms with Crippen molar-refractivity contribution < 1.29 is 14.3 Å². The largest absolute Gasteiger partial charge is 0.423 e. The molecule has 0 bridgehead atoms. The highest BCUT2D eigenvalue weighted by atomic mass is 16.5. The third-order valence-electron chi connectivity index (χ3n) is 4.17. The number of hydrogen-bond donors (Lipinski definition) is 0. The second-order valence-corrected chi connectivity index (χ2v) is 5.75. The van der Waals surface area contributed by atoms with Gasteiger partial charge in [0, 0.05) is 12.0 Å². The number of esters is 1. The van der Waals surface area contributed by atoms with Crippen LogP contribution < -0.4 is 4.74 Å². The first-order valence-corrected chi connectivity index (χ1v) is 7.51. The fraction of sp³-hybridized carbons (Fsp3) is 0.263. The summed E-state index contributed by atoms with van der Waals surface area (Å²) >= 11 is 0. The maximum absolute atomic E-state index is 12.2. The van der Waals surface area contributed by atoms with Crippen LogP contribution in [0, 0.1) is 13.8 Å². The highest BCUT2D eigenvalue weighted by molar-refractivity contribution is 5.99. The normalized spacial score (nSPS) is 13.6. The number of hydrogen-bond acceptors (Lipinski definition) is 3. The molecule has 0 aliphatic heterocycles. The van der Waals surface area contributed by atoms with E-state index in [-0.39, 0.29) is 11.8 Å². The number of rotatable bonds is 2. The molecule has 0 heterocycles. The molecule has 0 N–H and O–H groups in total. The maximum Gasteiger partial charge on any atom is 0.343 e. The van der Waals surface area contributed by atoms with Gasteiger partial charge in [-0.05, 0) is 62.1 Å². The van der Waals surface area contributed by atoms with E-state index in [4.69, 9.17) is 4.74 Å². The van der Waals surface area contributed by atoms with E-state index in [0.717, 1.165) is 35.1 Å². The van der Waals surface area contributed by atoms with Crippen molar-refractivity contribution >= 4 is 11.8 Å². The Balaban J connectivity index is 1.88. The number of Topliss-reactive ketones (excluding diaryl/α,β-unsaturated/α-hetero) is 1. The van der Waals surface area contributed by atoms with Crippen LogP contribution in [0.4, 0.5) is 0 Å². The van der Waals surface area contributed by atoms with Crippen LogP contribution in [0.3, 0.4) is 0 Å². The molecule has 22 heavy (non-hydrogen) atoms. The van der Waals surface area contributed by atoms with E-state index in [2.05, 4.69) is 0 Å². The smallest absolute Gasteiger partial charge is 0.343 e. The van der Waals surface area contributed by atoms with Crippen molar-refractivity contribution in [2.45, 2.75) is 33.1 Å². The van der Waals surface area contributed by atoms with Gasteiger partial charge in [0.05, 0.1) is 5.56 Å². The lowest BCUT2D eigenvalue weighted by Crippen LogP contribution is -2.15. The third-order valence-corrected chi connectivity index (χ3v) is 4.17. The zero-order valence-electron chi connectivity index (χ0n) is 12.8. The second kappa shape index (κ2) is 5.76. The Bertz CT molecular complexity index is 742. The Morgan fingerprint density at radius 3 is 2.45 bits per heavy atom. The quantitative estimate of drug-likeness (QED) is 0.620. The SMILES string of the molecule is Cc1ccc(C(=O)Oc2ccc3c(c2C)CCCC3=O)cc1. The number of benzene rings is 2. The molecule has 1 aliphatic carbocycles. The number of ether oxygens (including phenoxy) is 1. The van der Waals surface area contributed by atoms with E-state index in [1.807, 2.05) is 26.0 Å². The van der Waals surface area contributed by atoms with E-state index in [0.29, 0.717) is 17.7 Å². The fourth-order valence-electron chi connectivity index (χ4n) is 2.84. The zero-order chi connectivity index (χ0) is 15.7. The molecular weight excluding hydrogens is 276 g/mol. The van der Waals surface area contributed by atoms with Gasteiger partial charge in [0.2, 0.25) is 0 Å². The minimum Gasteiger partial charge on any atom is -0.423 e. The summed E-state index contributed by atoms with van der Waals surface area (Å²) in [6.45, 7) is 3.88. The molecular formula is C19H18O3. The van der Waals surface area contributed by atoms with Crippen molar-refractivity contribution in [1.29, 1.82) is 0 Å². The first-order valence-electron chi connectivity index (χ1n) is 7.51. The van der Waals surface area contributed by atoms with Crippen molar-refractivity contribution in [1.82, 2.24) is 0 Å². The molecule has 0 spiro atoms. The lowest BCUT2D eigenvalue weighted by molar-refractivity contribution is 0.0733. The first kappa shape index (κ1) is 14.5. The molecule has 0 fully saturated rings. The van der Waals surface area contributed by atoms with Gasteiger partial charge in [0.15, 0.2) is 5.78 Å². The van der Waals surface area contributed by atoms with Crippen molar-refractivity contribution in [2.24, 2.45) is 0 Å². The summed E-state index contributed by atoms with van der Waals surface area (Å²) in [6, 6.07) is 10.8. The van der Waals surface area contributed by atoms with Crippen LogP contribution in [0.15, 0.2) is 36.4 Å². The van der Waals surface area contributed by atoms with Gasteiger partial charge in [0.25, 0.3) is 0 Å². The van der Waals surface area contributed by atoms with E-state index in [1.54, 1.807) is 24.3 Å². The fourth-order valence-corrected chi connectivity index (χ4v) is 2.84. The molecule has 3 rings (SSSR count). The number of ketones is 1. The van der Waals surface area contributed by atoms with Crippen molar-refractivity contribution in [2.75, 3.05) is 0 Å². The molecule has 1 aliphatic rings. The molecule has 2 aromatic carbocycles. The minimum atomic E-state index is -0.370. The molecule has 0 atom stereocenters. The van der Waals surface area contributed by atoms with Gasteiger partial charge in [-0.15, -0.1) is 0 Å². The van der Waals surface area contributed by atoms with Crippen LogP contribution in [0.5, 0.6) is 5.75 Å². The van der Waals surface area contributed by atoms with Crippen molar-refractivity contribution in [3.05, 3.63) is 64.2 Å². The molecule has 0 saturated heterocycles. The third kappa shape index (κ3) is 2.67. The molecule has 0 aromatic heterocycles. The van der Waals surface area contributed by atoms with Gasteiger partial charge in [-0.3, -0.25) is 4.79 Å². The summed E-state index contributed by atoms with van der Waals surface area (Å²) < 4.78 is 5.52. The summed E-state index contributed by atoms with van der Waals surface area (Å²) in [4.78, 5) is 24.1. The van der Waals surface area contributed by atoms with Gasteiger partial charge in [-0.25, -0.2) is 4.79 Å². The number of carbonyl (C=O) groups excluding carboxylic acids is 2. The van der Waals surface area contributed by atoms with Gasteiger partial charge in [-0.2, -0.15) is 0 Å². The van der Waals surface area contributed by atoms with Crippen LogP contribution in [-0.4, -0.2) is 11.8 Å². The minimum absolute atomic E-state index is 0.181. The molecule has 0 radical (unpaired) electrons. The number of carbonyl (C=O) groups is 2. The van der Waals surface area contributed by atoms with Crippen molar-refractivity contribution in [3.8, 4) is 5.75 Å². The van der Waals surface area contributed by atoms with E-state index in [9.17, 15) is 9.59 Å². The Labute approximate surface area is 129 Å². The van der Waals surface area contributed by atoms with Crippen LogP contribution in [-0.2, 0) is 6.42 Å². The summed E-state index contributed by atoms with van der Waals surface area (Å²) in [5.74, 6) is 0.352. The molecule has 0 unspecified atom stereocenters. The van der Waals surface area contributed by atoms with Gasteiger partial charge < -0.3 is 4.74 Å². The highest BCUT2D eigenvalue weighted by Crippen LogP contribution is 2.30. The van der Waals surface area contributed by atoms with Gasteiger partial charge in [0.1, 0.15) is 5.75 Å². The second-order valence-electron chi connectivity index (χ2n) is 5.75. The molecule has 2 aromatic rings. The highest BCUT2D eigenvalue weighted by Gasteiger charge is 2.21. The topological polar surface area (TPSA) is 43.4 Å². The summed E-state index contributed by atoms with van der Waals surface area (Å²) in [5, 5.41) is 0. The summed E-state index contributed by atoms with van der Waals surface area (Å²) in [5.41, 5.74) is 4.31. The standard InChI is InChI=1S/C19H18O3/c1-12-6-8-14(9-7-12)19(21)22-18-11-10-16-15(13(18)2)4-3-5-17(16)20/h6-11H,3-5H2,1-2H3. The monoisotopic (exact) mass is 294 g/mol. The molecule has 0 saturated carbocycles. The predicted molar refractivity (Wildman–Crippen MR) is 84.6 cm³/mol. The molecule has 112 valence electrons. The Hall–Kier alpha value is -2.42.